The van der Waals surface area contributed by atoms with Crippen LogP contribution < -0.4 is 11.1 Å². The predicted molar refractivity (Wildman–Crippen MR) is 63.0 cm³/mol. The monoisotopic (exact) mass is 224 g/mol. The van der Waals surface area contributed by atoms with Crippen LogP contribution in [0.1, 0.15) is 30.8 Å². The first-order valence-electron chi connectivity index (χ1n) is 5.53. The Labute approximate surface area is 96.0 Å². The van der Waals surface area contributed by atoms with E-state index in [0.717, 1.165) is 6.42 Å². The lowest BCUT2D eigenvalue weighted by molar-refractivity contribution is 0.0919. The van der Waals surface area contributed by atoms with Gasteiger partial charge in [-0.2, -0.15) is 0 Å². The van der Waals surface area contributed by atoms with Gasteiger partial charge in [0.05, 0.1) is 6.33 Å². The van der Waals surface area contributed by atoms with Gasteiger partial charge in [-0.05, 0) is 18.9 Å². The number of hydrogen-bond acceptors (Lipinski definition) is 3. The maximum Gasteiger partial charge on any atom is 0.271 e. The van der Waals surface area contributed by atoms with Crippen LogP contribution in [0.3, 0.4) is 0 Å². The van der Waals surface area contributed by atoms with Gasteiger partial charge >= 0.3 is 0 Å². The lowest BCUT2D eigenvalue weighted by Crippen LogP contribution is -2.40. The zero-order valence-electron chi connectivity index (χ0n) is 10.1. The van der Waals surface area contributed by atoms with Crippen LogP contribution >= 0.6 is 0 Å². The van der Waals surface area contributed by atoms with E-state index in [4.69, 9.17) is 5.73 Å². The molecule has 0 bridgehead atoms. The van der Waals surface area contributed by atoms with E-state index >= 15 is 0 Å². The van der Waals surface area contributed by atoms with E-state index in [1.807, 2.05) is 7.05 Å². The molecule has 0 aliphatic carbocycles. The number of aryl methyl sites for hydroxylation is 1. The van der Waals surface area contributed by atoms with Gasteiger partial charge in [0.25, 0.3) is 5.91 Å². The molecule has 1 rings (SSSR count). The van der Waals surface area contributed by atoms with Gasteiger partial charge in [-0.15, -0.1) is 0 Å². The molecule has 1 aromatic heterocycles. The summed E-state index contributed by atoms with van der Waals surface area (Å²) >= 11 is 0. The Morgan fingerprint density at radius 3 is 2.75 bits per heavy atom. The molecule has 0 saturated carbocycles. The molecule has 16 heavy (non-hydrogen) atoms. The molecule has 1 aromatic rings. The van der Waals surface area contributed by atoms with Gasteiger partial charge in [-0.3, -0.25) is 4.79 Å². The van der Waals surface area contributed by atoms with E-state index in [-0.39, 0.29) is 11.9 Å². The third kappa shape index (κ3) is 3.34. The molecule has 1 unspecified atom stereocenters. The highest BCUT2D eigenvalue weighted by Gasteiger charge is 2.17. The summed E-state index contributed by atoms with van der Waals surface area (Å²) < 4.78 is 1.75. The minimum absolute atomic E-state index is 0.111. The van der Waals surface area contributed by atoms with Crippen molar-refractivity contribution in [3.05, 3.63) is 18.2 Å². The molecular weight excluding hydrogens is 204 g/mol. The Kier molecular flexibility index (Phi) is 4.49. The average molecular weight is 224 g/mol. The molecule has 0 aliphatic rings. The van der Waals surface area contributed by atoms with Gasteiger partial charge in [0.2, 0.25) is 0 Å². The first-order valence-corrected chi connectivity index (χ1v) is 5.53. The smallest absolute Gasteiger partial charge is 0.271 e. The summed E-state index contributed by atoms with van der Waals surface area (Å²) in [6.45, 7) is 4.71. The number of hydrogen-bond donors (Lipinski definition) is 2. The van der Waals surface area contributed by atoms with Crippen LogP contribution in [0.25, 0.3) is 0 Å². The summed E-state index contributed by atoms with van der Waals surface area (Å²) in [6.07, 6.45) is 4.10. The number of carbonyl (C=O) groups excluding carboxylic acids is 1. The fraction of sp³-hybridized carbons (Fsp3) is 0.636. The molecule has 90 valence electrons. The Hall–Kier alpha value is -1.36. The summed E-state index contributed by atoms with van der Waals surface area (Å²) in [4.78, 5) is 15.8. The molecule has 1 amide bonds. The van der Waals surface area contributed by atoms with Gasteiger partial charge in [0.15, 0.2) is 0 Å². The summed E-state index contributed by atoms with van der Waals surface area (Å²) in [6, 6.07) is 0.111. The van der Waals surface area contributed by atoms with Crippen molar-refractivity contribution >= 4 is 5.91 Å². The number of rotatable bonds is 5. The summed E-state index contributed by atoms with van der Waals surface area (Å²) in [5.74, 6) is 0.240. The standard InChI is InChI=1S/C11H20N4O/c1-8(2)9(4-5-12)14-11(16)10-6-15(3)7-13-10/h6-9H,4-5,12H2,1-3H3,(H,14,16). The molecule has 0 spiro atoms. The number of carbonyl (C=O) groups is 1. The number of aromatic nitrogens is 2. The van der Waals surface area contributed by atoms with Crippen LogP contribution in [-0.2, 0) is 7.05 Å². The lowest BCUT2D eigenvalue weighted by atomic mass is 10.0. The molecule has 0 aromatic carbocycles. The van der Waals surface area contributed by atoms with E-state index in [2.05, 4.69) is 24.1 Å². The number of nitrogens with two attached hydrogens (primary N) is 1. The van der Waals surface area contributed by atoms with Gasteiger partial charge < -0.3 is 15.6 Å². The van der Waals surface area contributed by atoms with Crippen molar-refractivity contribution in [3.8, 4) is 0 Å². The summed E-state index contributed by atoms with van der Waals surface area (Å²) in [5.41, 5.74) is 5.96. The van der Waals surface area contributed by atoms with Crippen LogP contribution in [0.15, 0.2) is 12.5 Å². The number of nitrogens with one attached hydrogen (secondary N) is 1. The molecular formula is C11H20N4O. The van der Waals surface area contributed by atoms with Crippen LogP contribution in [0, 0.1) is 5.92 Å². The zero-order valence-corrected chi connectivity index (χ0v) is 10.1. The highest BCUT2D eigenvalue weighted by atomic mass is 16.2. The van der Waals surface area contributed by atoms with Crippen molar-refractivity contribution < 1.29 is 4.79 Å². The van der Waals surface area contributed by atoms with E-state index < -0.39 is 0 Å². The van der Waals surface area contributed by atoms with Gasteiger partial charge in [-0.1, -0.05) is 13.8 Å². The second kappa shape index (κ2) is 5.65. The molecule has 0 radical (unpaired) electrons. The molecule has 1 atom stereocenters. The summed E-state index contributed by atoms with van der Waals surface area (Å²) in [5, 5.41) is 2.95. The topological polar surface area (TPSA) is 72.9 Å². The molecule has 0 saturated heterocycles. The van der Waals surface area contributed by atoms with E-state index in [9.17, 15) is 4.79 Å². The Bertz CT molecular complexity index is 346. The molecule has 1 heterocycles. The van der Waals surface area contributed by atoms with Gasteiger partial charge in [0, 0.05) is 19.3 Å². The highest BCUT2D eigenvalue weighted by molar-refractivity contribution is 5.92. The largest absolute Gasteiger partial charge is 0.348 e. The van der Waals surface area contributed by atoms with Crippen LogP contribution in [0.2, 0.25) is 0 Å². The van der Waals surface area contributed by atoms with Crippen molar-refractivity contribution in [1.82, 2.24) is 14.9 Å². The SMILES string of the molecule is CC(C)C(CCN)NC(=O)c1cn(C)cn1. The Morgan fingerprint density at radius 1 is 1.62 bits per heavy atom. The number of amides is 1. The van der Waals surface area contributed by atoms with E-state index in [1.165, 1.54) is 0 Å². The number of nitrogens with zero attached hydrogens (tertiary/aromatic N) is 2. The quantitative estimate of drug-likeness (QED) is 0.766. The number of imidazole rings is 1. The molecule has 5 nitrogen and oxygen atoms in total. The first-order chi connectivity index (χ1) is 7.54. The minimum Gasteiger partial charge on any atom is -0.348 e. The van der Waals surface area contributed by atoms with Crippen molar-refractivity contribution in [2.24, 2.45) is 18.7 Å². The second-order valence-electron chi connectivity index (χ2n) is 4.33. The first kappa shape index (κ1) is 12.7. The molecule has 0 fully saturated rings. The lowest BCUT2D eigenvalue weighted by Gasteiger charge is -2.21. The van der Waals surface area contributed by atoms with Crippen LogP contribution in [0.4, 0.5) is 0 Å². The minimum atomic E-state index is -0.132. The fourth-order valence-corrected chi connectivity index (χ4v) is 1.52. The Morgan fingerprint density at radius 2 is 2.31 bits per heavy atom. The third-order valence-corrected chi connectivity index (χ3v) is 2.54. The van der Waals surface area contributed by atoms with Crippen molar-refractivity contribution in [2.45, 2.75) is 26.3 Å². The van der Waals surface area contributed by atoms with Crippen LogP contribution in [0.5, 0.6) is 0 Å². The maximum atomic E-state index is 11.8. The van der Waals surface area contributed by atoms with Crippen molar-refractivity contribution in [3.63, 3.8) is 0 Å². The zero-order chi connectivity index (χ0) is 12.1. The molecule has 5 heteroatoms. The van der Waals surface area contributed by atoms with Crippen molar-refractivity contribution in [1.29, 1.82) is 0 Å². The second-order valence-corrected chi connectivity index (χ2v) is 4.33. The fourth-order valence-electron chi connectivity index (χ4n) is 1.52. The van der Waals surface area contributed by atoms with E-state index in [1.54, 1.807) is 17.1 Å². The molecule has 3 N–H and O–H groups in total. The van der Waals surface area contributed by atoms with Crippen molar-refractivity contribution in [2.75, 3.05) is 6.54 Å². The van der Waals surface area contributed by atoms with E-state index in [0.29, 0.717) is 18.2 Å². The normalized spacial score (nSPS) is 12.8. The van der Waals surface area contributed by atoms with Gasteiger partial charge in [-0.25, -0.2) is 4.98 Å². The van der Waals surface area contributed by atoms with Crippen LogP contribution in [-0.4, -0.2) is 28.0 Å². The third-order valence-electron chi connectivity index (χ3n) is 2.54. The average Bonchev–Trinajstić information content (AvgIpc) is 2.64. The maximum absolute atomic E-state index is 11.8. The predicted octanol–water partition coefficient (Wildman–Crippen LogP) is 0.523. The van der Waals surface area contributed by atoms with Gasteiger partial charge in [0.1, 0.15) is 5.69 Å². The highest BCUT2D eigenvalue weighted by Crippen LogP contribution is 2.06. The molecule has 0 aliphatic heterocycles. The summed E-state index contributed by atoms with van der Waals surface area (Å²) in [7, 11) is 1.84. The Balaban J connectivity index is 2.61.